The quantitative estimate of drug-likeness (QED) is 0.757. The molecule has 0 saturated carbocycles. The van der Waals surface area contributed by atoms with Crippen LogP contribution in [0.15, 0.2) is 42.5 Å². The molecular formula is C17H18ClNO4S. The van der Waals surface area contributed by atoms with Crippen molar-refractivity contribution in [2.45, 2.75) is 13.3 Å². The number of carbonyl (C=O) groups excluding carboxylic acids is 1. The van der Waals surface area contributed by atoms with Crippen LogP contribution in [0, 0.1) is 0 Å². The Kier molecular flexibility index (Phi) is 5.85. The van der Waals surface area contributed by atoms with E-state index in [-0.39, 0.29) is 11.5 Å². The molecule has 7 heteroatoms. The summed E-state index contributed by atoms with van der Waals surface area (Å²) in [6.07, 6.45) is 0.532. The van der Waals surface area contributed by atoms with Crippen LogP contribution in [0.5, 0.6) is 5.75 Å². The maximum absolute atomic E-state index is 12.5. The Morgan fingerprint density at radius 1 is 1.12 bits per heavy atom. The van der Waals surface area contributed by atoms with Crippen molar-refractivity contribution in [2.24, 2.45) is 0 Å². The summed E-state index contributed by atoms with van der Waals surface area (Å²) in [6, 6.07) is 11.1. The number of rotatable bonds is 7. The van der Waals surface area contributed by atoms with Crippen LogP contribution in [0.4, 0.5) is 5.69 Å². The minimum Gasteiger partial charge on any atom is -0.495 e. The van der Waals surface area contributed by atoms with Crippen molar-refractivity contribution in [3.8, 4) is 5.75 Å². The summed E-state index contributed by atoms with van der Waals surface area (Å²) in [4.78, 5) is 12.5. The van der Waals surface area contributed by atoms with Gasteiger partial charge in [-0.1, -0.05) is 18.5 Å². The Bertz CT molecular complexity index is 832. The van der Waals surface area contributed by atoms with Crippen LogP contribution in [0.2, 0.25) is 5.02 Å². The van der Waals surface area contributed by atoms with Crippen LogP contribution in [-0.2, 0) is 10.0 Å². The van der Waals surface area contributed by atoms with E-state index in [1.54, 1.807) is 49.4 Å². The number of carbonyl (C=O) groups is 1. The van der Waals surface area contributed by atoms with Crippen molar-refractivity contribution in [2.75, 3.05) is 17.6 Å². The SMILES string of the molecule is CCCS(=O)(=O)Nc1ccc(C(=O)c2ccc(OC)c(Cl)c2)cc1. The Morgan fingerprint density at radius 3 is 2.29 bits per heavy atom. The Labute approximate surface area is 146 Å². The largest absolute Gasteiger partial charge is 0.495 e. The molecule has 0 radical (unpaired) electrons. The highest BCUT2D eigenvalue weighted by Gasteiger charge is 2.13. The zero-order chi connectivity index (χ0) is 17.7. The van der Waals surface area contributed by atoms with E-state index < -0.39 is 10.0 Å². The lowest BCUT2D eigenvalue weighted by molar-refractivity contribution is 0.103. The van der Waals surface area contributed by atoms with Gasteiger partial charge in [-0.2, -0.15) is 0 Å². The minimum absolute atomic E-state index is 0.0536. The van der Waals surface area contributed by atoms with E-state index in [1.807, 2.05) is 0 Å². The molecule has 24 heavy (non-hydrogen) atoms. The van der Waals surface area contributed by atoms with Gasteiger partial charge in [0.15, 0.2) is 5.78 Å². The van der Waals surface area contributed by atoms with Gasteiger partial charge in [0.2, 0.25) is 10.0 Å². The number of ether oxygens (including phenoxy) is 1. The molecule has 0 aromatic heterocycles. The van der Waals surface area contributed by atoms with E-state index in [9.17, 15) is 13.2 Å². The Morgan fingerprint density at radius 2 is 1.75 bits per heavy atom. The summed E-state index contributed by atoms with van der Waals surface area (Å²) in [5.74, 6) is 0.342. The first-order valence-electron chi connectivity index (χ1n) is 7.35. The van der Waals surface area contributed by atoms with Crippen LogP contribution >= 0.6 is 11.6 Å². The van der Waals surface area contributed by atoms with Gasteiger partial charge in [-0.05, 0) is 48.9 Å². The molecule has 0 saturated heterocycles. The number of hydrogen-bond donors (Lipinski definition) is 1. The maximum atomic E-state index is 12.5. The topological polar surface area (TPSA) is 72.5 Å². The predicted octanol–water partition coefficient (Wildman–Crippen LogP) is 3.73. The first-order valence-corrected chi connectivity index (χ1v) is 9.38. The van der Waals surface area contributed by atoms with E-state index >= 15 is 0 Å². The van der Waals surface area contributed by atoms with E-state index in [2.05, 4.69) is 4.72 Å². The van der Waals surface area contributed by atoms with Crippen molar-refractivity contribution < 1.29 is 17.9 Å². The number of sulfonamides is 1. The van der Waals surface area contributed by atoms with Gasteiger partial charge in [-0.3, -0.25) is 9.52 Å². The Balaban J connectivity index is 2.18. The van der Waals surface area contributed by atoms with Crippen molar-refractivity contribution >= 4 is 33.1 Å². The molecule has 1 N–H and O–H groups in total. The van der Waals surface area contributed by atoms with Crippen molar-refractivity contribution in [1.29, 1.82) is 0 Å². The molecule has 0 heterocycles. The zero-order valence-corrected chi connectivity index (χ0v) is 14.9. The third kappa shape index (κ3) is 4.49. The van der Waals surface area contributed by atoms with E-state index in [1.165, 1.54) is 7.11 Å². The smallest absolute Gasteiger partial charge is 0.232 e. The molecule has 128 valence electrons. The summed E-state index contributed by atoms with van der Waals surface area (Å²) in [5.41, 5.74) is 1.29. The third-order valence-corrected chi connectivity index (χ3v) is 5.10. The van der Waals surface area contributed by atoms with E-state index in [0.29, 0.717) is 34.0 Å². The predicted molar refractivity (Wildman–Crippen MR) is 95.6 cm³/mol. The molecule has 0 atom stereocenters. The lowest BCUT2D eigenvalue weighted by Crippen LogP contribution is -2.16. The molecule has 0 fully saturated rings. The van der Waals surface area contributed by atoms with E-state index in [0.717, 1.165) is 0 Å². The fourth-order valence-electron chi connectivity index (χ4n) is 2.16. The van der Waals surface area contributed by atoms with Gasteiger partial charge in [-0.15, -0.1) is 0 Å². The molecular weight excluding hydrogens is 350 g/mol. The number of benzene rings is 2. The average Bonchev–Trinajstić information content (AvgIpc) is 2.54. The third-order valence-electron chi connectivity index (χ3n) is 3.31. The van der Waals surface area contributed by atoms with Crippen LogP contribution in [-0.4, -0.2) is 27.1 Å². The van der Waals surface area contributed by atoms with Crippen LogP contribution < -0.4 is 9.46 Å². The number of nitrogens with one attached hydrogen (secondary N) is 1. The lowest BCUT2D eigenvalue weighted by atomic mass is 10.0. The van der Waals surface area contributed by atoms with Gasteiger partial charge in [-0.25, -0.2) is 8.42 Å². The molecule has 2 aromatic carbocycles. The Hall–Kier alpha value is -2.05. The number of anilines is 1. The molecule has 0 unspecified atom stereocenters. The zero-order valence-electron chi connectivity index (χ0n) is 13.4. The van der Waals surface area contributed by atoms with Crippen molar-refractivity contribution in [1.82, 2.24) is 0 Å². The summed E-state index contributed by atoms with van der Waals surface area (Å²) < 4.78 is 31.0. The highest BCUT2D eigenvalue weighted by molar-refractivity contribution is 7.92. The van der Waals surface area contributed by atoms with Crippen molar-refractivity contribution in [3.05, 3.63) is 58.6 Å². The summed E-state index contributed by atoms with van der Waals surface area (Å²) in [5, 5.41) is 0.354. The second-order valence-corrected chi connectivity index (χ2v) is 7.43. The van der Waals surface area contributed by atoms with Gasteiger partial charge < -0.3 is 4.74 Å². The molecule has 0 aliphatic rings. The molecule has 0 aliphatic carbocycles. The van der Waals surface area contributed by atoms with Crippen LogP contribution in [0.25, 0.3) is 0 Å². The minimum atomic E-state index is -3.35. The summed E-state index contributed by atoms with van der Waals surface area (Å²) in [6.45, 7) is 1.79. The second kappa shape index (κ2) is 7.68. The molecule has 0 amide bonds. The molecule has 0 bridgehead atoms. The monoisotopic (exact) mass is 367 g/mol. The van der Waals surface area contributed by atoms with Crippen LogP contribution in [0.1, 0.15) is 29.3 Å². The number of hydrogen-bond acceptors (Lipinski definition) is 4. The molecule has 2 rings (SSSR count). The van der Waals surface area contributed by atoms with Gasteiger partial charge in [0.25, 0.3) is 0 Å². The standard InChI is InChI=1S/C17H18ClNO4S/c1-3-10-24(21,22)19-14-7-4-12(5-8-14)17(20)13-6-9-16(23-2)15(18)11-13/h4-9,11,19H,3,10H2,1-2H3. The first kappa shape index (κ1) is 18.3. The second-order valence-electron chi connectivity index (χ2n) is 5.18. The first-order chi connectivity index (χ1) is 11.4. The fraction of sp³-hybridized carbons (Fsp3) is 0.235. The average molecular weight is 368 g/mol. The number of ketones is 1. The number of methoxy groups -OCH3 is 1. The van der Waals surface area contributed by atoms with Crippen molar-refractivity contribution in [3.63, 3.8) is 0 Å². The normalized spacial score (nSPS) is 11.1. The maximum Gasteiger partial charge on any atom is 0.232 e. The van der Waals surface area contributed by atoms with Gasteiger partial charge in [0.1, 0.15) is 5.75 Å². The fourth-order valence-corrected chi connectivity index (χ4v) is 3.56. The highest BCUT2D eigenvalue weighted by atomic mass is 35.5. The van der Waals surface area contributed by atoms with Gasteiger partial charge >= 0.3 is 0 Å². The van der Waals surface area contributed by atoms with Gasteiger partial charge in [0, 0.05) is 16.8 Å². The summed E-state index contributed by atoms with van der Waals surface area (Å²) in [7, 11) is -1.85. The highest BCUT2D eigenvalue weighted by Crippen LogP contribution is 2.26. The molecule has 5 nitrogen and oxygen atoms in total. The number of halogens is 1. The lowest BCUT2D eigenvalue weighted by Gasteiger charge is -2.08. The summed E-state index contributed by atoms with van der Waals surface area (Å²) >= 11 is 6.03. The van der Waals surface area contributed by atoms with Gasteiger partial charge in [0.05, 0.1) is 17.9 Å². The van der Waals surface area contributed by atoms with E-state index in [4.69, 9.17) is 16.3 Å². The molecule has 0 aliphatic heterocycles. The molecule has 0 spiro atoms. The molecule has 2 aromatic rings. The van der Waals surface area contributed by atoms with Crippen LogP contribution in [0.3, 0.4) is 0 Å².